The number of hydrogen-bond acceptors (Lipinski definition) is 5. The molecule has 172 valence electrons. The van der Waals surface area contributed by atoms with Gasteiger partial charge in [0.2, 0.25) is 5.91 Å². The van der Waals surface area contributed by atoms with Crippen molar-refractivity contribution in [1.82, 2.24) is 15.4 Å². The first-order valence-electron chi connectivity index (χ1n) is 11.9. The fraction of sp³-hybridized carbons (Fsp3) is 0.560. The van der Waals surface area contributed by atoms with Crippen molar-refractivity contribution in [3.63, 3.8) is 0 Å². The molecule has 0 radical (unpaired) electrons. The summed E-state index contributed by atoms with van der Waals surface area (Å²) in [6.45, 7) is 2.48. The average Bonchev–Trinajstić information content (AvgIpc) is 3.51. The molecular weight excluding hydrogens is 404 g/mol. The van der Waals surface area contributed by atoms with E-state index in [4.69, 9.17) is 10.3 Å². The minimum absolute atomic E-state index is 0.00987. The zero-order chi connectivity index (χ0) is 22.5. The second kappa shape index (κ2) is 10.3. The third-order valence-corrected chi connectivity index (χ3v) is 6.48. The zero-order valence-corrected chi connectivity index (χ0v) is 18.8. The van der Waals surface area contributed by atoms with Crippen molar-refractivity contribution in [2.75, 3.05) is 6.54 Å². The molecule has 2 saturated carbocycles. The van der Waals surface area contributed by atoms with Crippen LogP contribution in [0.2, 0.25) is 0 Å². The van der Waals surface area contributed by atoms with Crippen molar-refractivity contribution in [3.05, 3.63) is 53.4 Å². The van der Waals surface area contributed by atoms with E-state index in [1.165, 1.54) is 5.56 Å². The molecule has 7 heteroatoms. The molecule has 1 heterocycles. The van der Waals surface area contributed by atoms with Gasteiger partial charge in [-0.05, 0) is 57.4 Å². The quantitative estimate of drug-likeness (QED) is 0.625. The Morgan fingerprint density at radius 1 is 1.16 bits per heavy atom. The van der Waals surface area contributed by atoms with Crippen LogP contribution >= 0.6 is 0 Å². The first kappa shape index (κ1) is 22.5. The summed E-state index contributed by atoms with van der Waals surface area (Å²) in [5, 5.41) is 7.20. The fourth-order valence-corrected chi connectivity index (χ4v) is 4.55. The summed E-state index contributed by atoms with van der Waals surface area (Å²) in [5.74, 6) is 1.21. The lowest BCUT2D eigenvalue weighted by Crippen LogP contribution is -2.47. The maximum Gasteiger partial charge on any atom is 0.276 e. The molecule has 0 bridgehead atoms. The van der Waals surface area contributed by atoms with Gasteiger partial charge >= 0.3 is 0 Å². The molecule has 3 N–H and O–H groups in total. The molecule has 32 heavy (non-hydrogen) atoms. The molecule has 0 saturated heterocycles. The molecule has 0 aliphatic heterocycles. The van der Waals surface area contributed by atoms with Gasteiger partial charge in [-0.1, -0.05) is 35.5 Å². The Kier molecular flexibility index (Phi) is 7.25. The van der Waals surface area contributed by atoms with Gasteiger partial charge in [-0.25, -0.2) is 0 Å². The monoisotopic (exact) mass is 438 g/mol. The van der Waals surface area contributed by atoms with Crippen LogP contribution in [0.25, 0.3) is 0 Å². The van der Waals surface area contributed by atoms with Crippen LogP contribution in [-0.2, 0) is 11.2 Å². The Bertz CT molecular complexity index is 899. The predicted molar refractivity (Wildman–Crippen MR) is 122 cm³/mol. The Hall–Kier alpha value is -2.67. The molecule has 2 fully saturated rings. The third kappa shape index (κ3) is 5.97. The normalized spacial score (nSPS) is 21.7. The Morgan fingerprint density at radius 3 is 2.53 bits per heavy atom. The fourth-order valence-electron chi connectivity index (χ4n) is 4.55. The van der Waals surface area contributed by atoms with Crippen molar-refractivity contribution < 1.29 is 14.1 Å². The predicted octanol–water partition coefficient (Wildman–Crippen LogP) is 3.40. The van der Waals surface area contributed by atoms with E-state index in [0.29, 0.717) is 24.6 Å². The molecule has 7 nitrogen and oxygen atoms in total. The molecular formula is C25H34N4O3. The van der Waals surface area contributed by atoms with Crippen LogP contribution in [-0.4, -0.2) is 46.5 Å². The molecule has 2 amide bonds. The summed E-state index contributed by atoms with van der Waals surface area (Å²) in [4.78, 5) is 27.5. The van der Waals surface area contributed by atoms with E-state index in [2.05, 4.69) is 22.6 Å². The van der Waals surface area contributed by atoms with E-state index < -0.39 is 0 Å². The van der Waals surface area contributed by atoms with E-state index >= 15 is 0 Å². The van der Waals surface area contributed by atoms with Crippen LogP contribution in [0.3, 0.4) is 0 Å². The standard InChI is InChI=1S/C25H34N4O3/c1-17(26)15-24(30)27-20-9-11-21(12-10-20)29(14-13-18-5-3-2-4-6-18)25(31)22-16-23(32-28-22)19-7-8-19/h2-6,16-17,19-21H,7-15,26H2,1H3,(H,27,30). The van der Waals surface area contributed by atoms with Crippen molar-refractivity contribution in [1.29, 1.82) is 0 Å². The van der Waals surface area contributed by atoms with Crippen LogP contribution < -0.4 is 11.1 Å². The highest BCUT2D eigenvalue weighted by Gasteiger charge is 2.33. The number of nitrogens with zero attached hydrogens (tertiary/aromatic N) is 2. The molecule has 1 aromatic heterocycles. The summed E-state index contributed by atoms with van der Waals surface area (Å²) in [7, 11) is 0. The topological polar surface area (TPSA) is 101 Å². The second-order valence-corrected chi connectivity index (χ2v) is 9.38. The lowest BCUT2D eigenvalue weighted by atomic mass is 9.89. The van der Waals surface area contributed by atoms with Crippen LogP contribution in [0, 0.1) is 0 Å². The van der Waals surface area contributed by atoms with Gasteiger partial charge in [-0.2, -0.15) is 0 Å². The van der Waals surface area contributed by atoms with Crippen molar-refractivity contribution in [2.45, 2.75) is 82.3 Å². The van der Waals surface area contributed by atoms with E-state index in [0.717, 1.165) is 50.7 Å². The van der Waals surface area contributed by atoms with Crippen molar-refractivity contribution in [3.8, 4) is 0 Å². The van der Waals surface area contributed by atoms with Gasteiger partial charge in [0, 0.05) is 43.1 Å². The van der Waals surface area contributed by atoms with E-state index in [1.54, 1.807) is 0 Å². The first-order valence-corrected chi connectivity index (χ1v) is 11.9. The highest BCUT2D eigenvalue weighted by atomic mass is 16.5. The highest BCUT2D eigenvalue weighted by Crippen LogP contribution is 2.40. The molecule has 2 aromatic rings. The van der Waals surface area contributed by atoms with Gasteiger partial charge in [0.1, 0.15) is 5.76 Å². The van der Waals surface area contributed by atoms with Crippen LogP contribution in [0.15, 0.2) is 40.9 Å². The maximum absolute atomic E-state index is 13.4. The number of benzene rings is 1. The molecule has 2 aliphatic rings. The van der Waals surface area contributed by atoms with Gasteiger partial charge in [-0.15, -0.1) is 0 Å². The summed E-state index contributed by atoms with van der Waals surface area (Å²) in [6.07, 6.45) is 6.79. The molecule has 1 unspecified atom stereocenters. The Morgan fingerprint density at radius 2 is 1.88 bits per heavy atom. The Labute approximate surface area is 189 Å². The number of nitrogens with one attached hydrogen (secondary N) is 1. The maximum atomic E-state index is 13.4. The van der Waals surface area contributed by atoms with Gasteiger partial charge in [-0.3, -0.25) is 9.59 Å². The minimum Gasteiger partial charge on any atom is -0.360 e. The number of amides is 2. The number of carbonyl (C=O) groups excluding carboxylic acids is 2. The number of nitrogens with two attached hydrogens (primary N) is 1. The molecule has 2 aliphatic carbocycles. The third-order valence-electron chi connectivity index (χ3n) is 6.48. The SMILES string of the molecule is CC(N)CC(=O)NC1CCC(N(CCc2ccccc2)C(=O)c2cc(C3CC3)on2)CC1. The smallest absolute Gasteiger partial charge is 0.276 e. The highest BCUT2D eigenvalue weighted by molar-refractivity contribution is 5.92. The lowest BCUT2D eigenvalue weighted by Gasteiger charge is -2.37. The van der Waals surface area contributed by atoms with Crippen LogP contribution in [0.4, 0.5) is 0 Å². The molecule has 4 rings (SSSR count). The number of hydrogen-bond donors (Lipinski definition) is 2. The summed E-state index contributed by atoms with van der Waals surface area (Å²) in [5.41, 5.74) is 7.35. The van der Waals surface area contributed by atoms with Crippen molar-refractivity contribution >= 4 is 11.8 Å². The van der Waals surface area contributed by atoms with E-state index in [1.807, 2.05) is 36.1 Å². The number of rotatable bonds is 9. The van der Waals surface area contributed by atoms with Crippen molar-refractivity contribution in [2.24, 2.45) is 5.73 Å². The first-order chi connectivity index (χ1) is 15.5. The summed E-state index contributed by atoms with van der Waals surface area (Å²) < 4.78 is 5.45. The molecule has 1 atom stereocenters. The van der Waals surface area contributed by atoms with Crippen LogP contribution in [0.1, 0.15) is 79.6 Å². The second-order valence-electron chi connectivity index (χ2n) is 9.38. The van der Waals surface area contributed by atoms with Gasteiger partial charge in [0.05, 0.1) is 0 Å². The number of carbonyl (C=O) groups is 2. The summed E-state index contributed by atoms with van der Waals surface area (Å²) in [6, 6.07) is 12.2. The van der Waals surface area contributed by atoms with Gasteiger partial charge in [0.25, 0.3) is 5.91 Å². The van der Waals surface area contributed by atoms with Crippen LogP contribution in [0.5, 0.6) is 0 Å². The van der Waals surface area contributed by atoms with Gasteiger partial charge in [0.15, 0.2) is 5.69 Å². The molecule has 1 aromatic carbocycles. The lowest BCUT2D eigenvalue weighted by molar-refractivity contribution is -0.122. The zero-order valence-electron chi connectivity index (χ0n) is 18.8. The van der Waals surface area contributed by atoms with E-state index in [9.17, 15) is 9.59 Å². The molecule has 0 spiro atoms. The number of aromatic nitrogens is 1. The van der Waals surface area contributed by atoms with Gasteiger partial charge < -0.3 is 20.5 Å². The Balaban J connectivity index is 1.40. The minimum atomic E-state index is -0.138. The van der Waals surface area contributed by atoms with E-state index in [-0.39, 0.29) is 29.9 Å². The largest absolute Gasteiger partial charge is 0.360 e. The average molecular weight is 439 g/mol. The summed E-state index contributed by atoms with van der Waals surface area (Å²) >= 11 is 0.